The summed E-state index contributed by atoms with van der Waals surface area (Å²) in [5, 5.41) is -0.565. The van der Waals surface area contributed by atoms with Gasteiger partial charge in [0.1, 0.15) is 0 Å². The van der Waals surface area contributed by atoms with E-state index in [4.69, 9.17) is 4.74 Å². The molecule has 1 fully saturated rings. The first-order valence-corrected chi connectivity index (χ1v) is 10.6. The number of alkyl halides is 2. The van der Waals surface area contributed by atoms with E-state index in [-0.39, 0.29) is 35.3 Å². The van der Waals surface area contributed by atoms with Crippen LogP contribution in [0.4, 0.5) is 13.6 Å². The van der Waals surface area contributed by atoms with Gasteiger partial charge in [-0.25, -0.2) is 0 Å². The fourth-order valence-corrected chi connectivity index (χ4v) is 3.84. The molecule has 10 heteroatoms. The molecule has 2 amide bonds. The molecular weight excluding hydrogens is 496 g/mol. The van der Waals surface area contributed by atoms with Gasteiger partial charge in [0.25, 0.3) is 11.1 Å². The van der Waals surface area contributed by atoms with E-state index in [0.29, 0.717) is 22.9 Å². The Hall–Kier alpha value is -2.72. The monoisotopic (exact) mass is 511 g/mol. The number of carbonyl (C=O) groups excluding carboxylic acids is 3. The van der Waals surface area contributed by atoms with Gasteiger partial charge in [-0.2, -0.15) is 8.78 Å². The highest BCUT2D eigenvalue weighted by atomic mass is 79.9. The molecule has 1 heterocycles. The molecule has 0 atom stereocenters. The zero-order valence-corrected chi connectivity index (χ0v) is 18.5. The second-order valence-corrected chi connectivity index (χ2v) is 8.12. The molecule has 6 nitrogen and oxygen atoms in total. The minimum Gasteiger partial charge on any atom is -0.490 e. The number of nitrogens with zero attached hydrogens (tertiary/aromatic N) is 1. The van der Waals surface area contributed by atoms with Crippen LogP contribution >= 0.6 is 27.7 Å². The van der Waals surface area contributed by atoms with Gasteiger partial charge in [0.2, 0.25) is 0 Å². The van der Waals surface area contributed by atoms with Crippen molar-refractivity contribution in [3.05, 3.63) is 63.0 Å². The van der Waals surface area contributed by atoms with Crippen LogP contribution in [0.5, 0.6) is 11.5 Å². The smallest absolute Gasteiger partial charge is 0.387 e. The summed E-state index contributed by atoms with van der Waals surface area (Å²) in [5.41, 5.74) is 0.831. The van der Waals surface area contributed by atoms with Crippen molar-refractivity contribution in [2.75, 3.05) is 13.2 Å². The molecule has 0 N–H and O–H groups in total. The number of ketones is 1. The summed E-state index contributed by atoms with van der Waals surface area (Å²) in [7, 11) is 0. The highest BCUT2D eigenvalue weighted by Crippen LogP contribution is 2.35. The molecule has 0 unspecified atom stereocenters. The average molecular weight is 512 g/mol. The lowest BCUT2D eigenvalue weighted by atomic mass is 10.1. The van der Waals surface area contributed by atoms with Crippen molar-refractivity contribution >= 4 is 50.7 Å². The van der Waals surface area contributed by atoms with Crippen LogP contribution < -0.4 is 9.47 Å². The highest BCUT2D eigenvalue weighted by Gasteiger charge is 2.36. The molecule has 31 heavy (non-hydrogen) atoms. The number of ether oxygens (including phenoxy) is 2. The van der Waals surface area contributed by atoms with Crippen molar-refractivity contribution in [1.82, 2.24) is 4.90 Å². The number of hydrogen-bond acceptors (Lipinski definition) is 6. The number of rotatable bonds is 8. The van der Waals surface area contributed by atoms with Crippen molar-refractivity contribution in [3.8, 4) is 11.5 Å². The van der Waals surface area contributed by atoms with Crippen molar-refractivity contribution in [3.63, 3.8) is 0 Å². The molecule has 0 saturated carbocycles. The second kappa shape index (κ2) is 10.1. The van der Waals surface area contributed by atoms with E-state index in [2.05, 4.69) is 20.7 Å². The molecule has 2 aromatic rings. The number of benzene rings is 2. The Morgan fingerprint density at radius 1 is 1.16 bits per heavy atom. The first-order valence-electron chi connectivity index (χ1n) is 9.04. The number of thioether (sulfide) groups is 1. The lowest BCUT2D eigenvalue weighted by Crippen LogP contribution is -2.33. The Morgan fingerprint density at radius 3 is 2.52 bits per heavy atom. The van der Waals surface area contributed by atoms with Crippen LogP contribution in [0.25, 0.3) is 6.08 Å². The van der Waals surface area contributed by atoms with E-state index >= 15 is 0 Å². The normalized spacial score (nSPS) is 15.1. The second-order valence-electron chi connectivity index (χ2n) is 6.22. The molecule has 0 radical (unpaired) electrons. The van der Waals surface area contributed by atoms with Gasteiger partial charge < -0.3 is 9.47 Å². The van der Waals surface area contributed by atoms with E-state index in [0.717, 1.165) is 9.37 Å². The number of Topliss-reactive ketones (excluding diaryl/α,β-unsaturated/α-hetero) is 1. The number of amides is 2. The van der Waals surface area contributed by atoms with Crippen molar-refractivity contribution in [2.24, 2.45) is 0 Å². The van der Waals surface area contributed by atoms with Gasteiger partial charge >= 0.3 is 6.61 Å². The standard InChI is InChI=1S/C21H16BrF2NO5S/c1-2-29-17-9-12(3-8-16(17)30-20(23)24)10-18-19(27)25(21(28)31-18)11-15(26)13-4-6-14(22)7-5-13/h3-10,20H,2,11H2,1H3/b18-10-. The van der Waals surface area contributed by atoms with Gasteiger partial charge in [0.15, 0.2) is 17.3 Å². The van der Waals surface area contributed by atoms with E-state index < -0.39 is 17.8 Å². The van der Waals surface area contributed by atoms with Crippen LogP contribution in [0.2, 0.25) is 0 Å². The fraction of sp³-hybridized carbons (Fsp3) is 0.190. The Morgan fingerprint density at radius 2 is 1.87 bits per heavy atom. The first-order chi connectivity index (χ1) is 14.8. The molecule has 1 aliphatic rings. The maximum absolute atomic E-state index is 12.7. The van der Waals surface area contributed by atoms with Crippen molar-refractivity contribution < 1.29 is 32.6 Å². The van der Waals surface area contributed by atoms with Crippen molar-refractivity contribution in [2.45, 2.75) is 13.5 Å². The minimum atomic E-state index is -3.01. The largest absolute Gasteiger partial charge is 0.490 e. The molecule has 1 saturated heterocycles. The third-order valence-electron chi connectivity index (χ3n) is 4.12. The third kappa shape index (κ3) is 5.71. The van der Waals surface area contributed by atoms with E-state index in [9.17, 15) is 23.2 Å². The topological polar surface area (TPSA) is 72.9 Å². The third-order valence-corrected chi connectivity index (χ3v) is 5.56. The number of carbonyl (C=O) groups is 3. The average Bonchev–Trinajstić information content (AvgIpc) is 2.97. The van der Waals surface area contributed by atoms with Crippen LogP contribution in [-0.2, 0) is 4.79 Å². The SMILES string of the molecule is CCOc1cc(/C=C2\SC(=O)N(CC(=O)c3ccc(Br)cc3)C2=O)ccc1OC(F)F. The molecule has 3 rings (SSSR count). The summed E-state index contributed by atoms with van der Waals surface area (Å²) in [6.45, 7) is -1.48. The zero-order valence-electron chi connectivity index (χ0n) is 16.1. The van der Waals surface area contributed by atoms with Crippen LogP contribution in [-0.4, -0.2) is 41.6 Å². The predicted molar refractivity (Wildman–Crippen MR) is 115 cm³/mol. The molecular formula is C21H16BrF2NO5S. The number of imide groups is 1. The van der Waals surface area contributed by atoms with E-state index in [1.165, 1.54) is 24.3 Å². The molecule has 0 aromatic heterocycles. The van der Waals surface area contributed by atoms with Gasteiger partial charge in [0, 0.05) is 10.0 Å². The molecule has 2 aromatic carbocycles. The van der Waals surface area contributed by atoms with Crippen LogP contribution in [0.1, 0.15) is 22.8 Å². The lowest BCUT2D eigenvalue weighted by Gasteiger charge is -2.12. The summed E-state index contributed by atoms with van der Waals surface area (Å²) in [6, 6.07) is 10.8. The minimum absolute atomic E-state index is 0.0844. The quantitative estimate of drug-likeness (QED) is 0.350. The summed E-state index contributed by atoms with van der Waals surface area (Å²) in [5.74, 6) is -1.03. The Balaban J connectivity index is 1.78. The number of halogens is 3. The van der Waals surface area contributed by atoms with Crippen molar-refractivity contribution in [1.29, 1.82) is 0 Å². The summed E-state index contributed by atoms with van der Waals surface area (Å²) < 4.78 is 35.6. The summed E-state index contributed by atoms with van der Waals surface area (Å²) in [4.78, 5) is 38.4. The van der Waals surface area contributed by atoms with Crippen LogP contribution in [0.3, 0.4) is 0 Å². The first kappa shape index (κ1) is 23.0. The van der Waals surface area contributed by atoms with E-state index in [1.54, 1.807) is 31.2 Å². The zero-order chi connectivity index (χ0) is 22.5. The Bertz CT molecular complexity index is 1040. The molecule has 0 bridgehead atoms. The summed E-state index contributed by atoms with van der Waals surface area (Å²) >= 11 is 3.97. The van der Waals surface area contributed by atoms with Gasteiger partial charge in [-0.15, -0.1) is 0 Å². The maximum atomic E-state index is 12.7. The maximum Gasteiger partial charge on any atom is 0.387 e. The van der Waals surface area contributed by atoms with Gasteiger partial charge in [-0.05, 0) is 54.6 Å². The van der Waals surface area contributed by atoms with Gasteiger partial charge in [-0.1, -0.05) is 34.1 Å². The van der Waals surface area contributed by atoms with E-state index in [1.807, 2.05) is 0 Å². The van der Waals surface area contributed by atoms with Gasteiger partial charge in [-0.3, -0.25) is 19.3 Å². The summed E-state index contributed by atoms with van der Waals surface area (Å²) in [6.07, 6.45) is 1.43. The molecule has 0 aliphatic carbocycles. The molecule has 162 valence electrons. The fourth-order valence-electron chi connectivity index (χ4n) is 2.73. The van der Waals surface area contributed by atoms with Gasteiger partial charge in [0.05, 0.1) is 18.1 Å². The van der Waals surface area contributed by atoms with Crippen LogP contribution in [0.15, 0.2) is 51.8 Å². The molecule has 1 aliphatic heterocycles. The lowest BCUT2D eigenvalue weighted by molar-refractivity contribution is -0.122. The predicted octanol–water partition coefficient (Wildman–Crippen LogP) is 5.37. The Kier molecular flexibility index (Phi) is 7.45. The Labute approximate surface area is 189 Å². The highest BCUT2D eigenvalue weighted by molar-refractivity contribution is 9.10. The van der Waals surface area contributed by atoms with Crippen LogP contribution in [0, 0.1) is 0 Å². The number of hydrogen-bond donors (Lipinski definition) is 0. The molecule has 0 spiro atoms.